The van der Waals surface area contributed by atoms with Crippen LogP contribution in [0.1, 0.15) is 18.6 Å². The Kier molecular flexibility index (Phi) is 7.46. The lowest BCUT2D eigenvalue weighted by Gasteiger charge is -2.37. The Morgan fingerprint density at radius 1 is 1.13 bits per heavy atom. The molecule has 8 heteroatoms. The second-order valence-corrected chi connectivity index (χ2v) is 7.05. The number of nitrogens with zero attached hydrogens (tertiary/aromatic N) is 3. The third-order valence-corrected chi connectivity index (χ3v) is 5.08. The van der Waals surface area contributed by atoms with Crippen molar-refractivity contribution in [2.24, 2.45) is 4.99 Å². The Hall–Kier alpha value is -2.87. The molecule has 1 saturated heterocycles. The average molecular weight is 418 g/mol. The average Bonchev–Trinajstić information content (AvgIpc) is 2.78. The molecule has 0 bridgehead atoms. The number of methoxy groups -OCH3 is 1. The van der Waals surface area contributed by atoms with Gasteiger partial charge in [0, 0.05) is 38.8 Å². The molecule has 2 aromatic rings. The van der Waals surface area contributed by atoms with Crippen LogP contribution < -0.4 is 15.0 Å². The molecule has 1 atom stereocenters. The quantitative estimate of drug-likeness (QED) is 0.558. The van der Waals surface area contributed by atoms with Crippen LogP contribution in [0.2, 0.25) is 0 Å². The summed E-state index contributed by atoms with van der Waals surface area (Å²) in [5.74, 6) is 0.559. The lowest BCUT2D eigenvalue weighted by Crippen LogP contribution is -2.52. The summed E-state index contributed by atoms with van der Waals surface area (Å²) in [6.07, 6.45) is -0.729. The van der Waals surface area contributed by atoms with E-state index in [9.17, 15) is 13.9 Å². The zero-order chi connectivity index (χ0) is 21.5. The van der Waals surface area contributed by atoms with E-state index in [2.05, 4.69) is 15.2 Å². The molecule has 2 aromatic carbocycles. The SMILES string of the molecule is CCNC(=NCC(O)c1ccc(OC)cc1)N1CCN(c2cc(F)ccc2F)CC1. The number of rotatable bonds is 6. The van der Waals surface area contributed by atoms with Gasteiger partial charge in [0.25, 0.3) is 0 Å². The predicted octanol–water partition coefficient (Wildman–Crippen LogP) is 2.79. The van der Waals surface area contributed by atoms with Gasteiger partial charge in [-0.15, -0.1) is 0 Å². The van der Waals surface area contributed by atoms with Gasteiger partial charge in [0.1, 0.15) is 17.4 Å². The van der Waals surface area contributed by atoms with Crippen molar-refractivity contribution < 1.29 is 18.6 Å². The molecule has 2 N–H and O–H groups in total. The molecule has 1 fully saturated rings. The van der Waals surface area contributed by atoms with Gasteiger partial charge in [-0.1, -0.05) is 12.1 Å². The highest BCUT2D eigenvalue weighted by Crippen LogP contribution is 2.22. The maximum atomic E-state index is 14.1. The number of piperazine rings is 1. The van der Waals surface area contributed by atoms with Crippen LogP contribution in [-0.2, 0) is 0 Å². The van der Waals surface area contributed by atoms with Crippen LogP contribution in [0.3, 0.4) is 0 Å². The lowest BCUT2D eigenvalue weighted by atomic mass is 10.1. The third-order valence-electron chi connectivity index (χ3n) is 5.08. The second kappa shape index (κ2) is 10.2. The number of hydrogen-bond acceptors (Lipinski definition) is 4. The normalized spacial score (nSPS) is 15.8. The van der Waals surface area contributed by atoms with Crippen molar-refractivity contribution >= 4 is 11.6 Å². The number of ether oxygens (including phenoxy) is 1. The number of anilines is 1. The van der Waals surface area contributed by atoms with Gasteiger partial charge in [0.05, 0.1) is 25.4 Å². The summed E-state index contributed by atoms with van der Waals surface area (Å²) < 4.78 is 32.7. The van der Waals surface area contributed by atoms with Gasteiger partial charge in [-0.3, -0.25) is 4.99 Å². The van der Waals surface area contributed by atoms with Gasteiger partial charge in [0.15, 0.2) is 5.96 Å². The van der Waals surface area contributed by atoms with E-state index in [4.69, 9.17) is 4.74 Å². The third kappa shape index (κ3) is 5.38. The summed E-state index contributed by atoms with van der Waals surface area (Å²) in [6.45, 7) is 5.20. The first-order valence-corrected chi connectivity index (χ1v) is 10.1. The van der Waals surface area contributed by atoms with Gasteiger partial charge in [-0.25, -0.2) is 8.78 Å². The Morgan fingerprint density at radius 2 is 1.83 bits per heavy atom. The Balaban J connectivity index is 1.62. The molecule has 0 aromatic heterocycles. The monoisotopic (exact) mass is 418 g/mol. The molecular formula is C22H28F2N4O2. The highest BCUT2D eigenvalue weighted by molar-refractivity contribution is 5.80. The summed E-state index contributed by atoms with van der Waals surface area (Å²) in [5.41, 5.74) is 1.05. The van der Waals surface area contributed by atoms with E-state index in [0.29, 0.717) is 38.7 Å². The van der Waals surface area contributed by atoms with Crippen LogP contribution in [-0.4, -0.2) is 62.3 Å². The number of guanidine groups is 1. The number of benzene rings is 2. The van der Waals surface area contributed by atoms with Crippen LogP contribution in [0.15, 0.2) is 47.5 Å². The van der Waals surface area contributed by atoms with Crippen LogP contribution >= 0.6 is 0 Å². The minimum atomic E-state index is -0.729. The molecule has 0 spiro atoms. The topological polar surface area (TPSA) is 60.3 Å². The smallest absolute Gasteiger partial charge is 0.194 e. The fourth-order valence-corrected chi connectivity index (χ4v) is 3.42. The fourth-order valence-electron chi connectivity index (χ4n) is 3.42. The van der Waals surface area contributed by atoms with Crippen LogP contribution in [0.4, 0.5) is 14.5 Å². The molecule has 6 nitrogen and oxygen atoms in total. The second-order valence-electron chi connectivity index (χ2n) is 7.05. The van der Waals surface area contributed by atoms with Crippen molar-refractivity contribution in [1.29, 1.82) is 0 Å². The largest absolute Gasteiger partial charge is 0.497 e. The first-order chi connectivity index (χ1) is 14.5. The van der Waals surface area contributed by atoms with Crippen LogP contribution in [0, 0.1) is 11.6 Å². The molecule has 30 heavy (non-hydrogen) atoms. The van der Waals surface area contributed by atoms with Gasteiger partial charge in [0.2, 0.25) is 0 Å². The number of aliphatic imine (C=N–C) groups is 1. The zero-order valence-corrected chi connectivity index (χ0v) is 17.3. The number of nitrogens with one attached hydrogen (secondary N) is 1. The van der Waals surface area contributed by atoms with E-state index < -0.39 is 17.7 Å². The predicted molar refractivity (Wildman–Crippen MR) is 114 cm³/mol. The highest BCUT2D eigenvalue weighted by Gasteiger charge is 2.22. The van der Waals surface area contributed by atoms with Crippen molar-refractivity contribution in [3.63, 3.8) is 0 Å². The van der Waals surface area contributed by atoms with E-state index in [0.717, 1.165) is 23.4 Å². The van der Waals surface area contributed by atoms with Crippen molar-refractivity contribution in [3.8, 4) is 5.75 Å². The molecule has 0 amide bonds. The maximum absolute atomic E-state index is 14.1. The van der Waals surface area contributed by atoms with Crippen LogP contribution in [0.25, 0.3) is 0 Å². The molecule has 162 valence electrons. The van der Waals surface area contributed by atoms with Gasteiger partial charge >= 0.3 is 0 Å². The molecule has 3 rings (SSSR count). The van der Waals surface area contributed by atoms with E-state index >= 15 is 0 Å². The number of halogens is 2. The zero-order valence-electron chi connectivity index (χ0n) is 17.3. The standard InChI is InChI=1S/C22H28F2N4O2/c1-3-25-22(26-15-21(29)16-4-7-18(30-2)8-5-16)28-12-10-27(11-13-28)20-14-17(23)6-9-19(20)24/h4-9,14,21,29H,3,10-13,15H2,1-2H3,(H,25,26). The summed E-state index contributed by atoms with van der Waals surface area (Å²) in [7, 11) is 1.60. The molecule has 1 unspecified atom stereocenters. The molecular weight excluding hydrogens is 390 g/mol. The minimum absolute atomic E-state index is 0.216. The first kappa shape index (κ1) is 21.8. The first-order valence-electron chi connectivity index (χ1n) is 10.1. The van der Waals surface area contributed by atoms with E-state index in [1.54, 1.807) is 19.2 Å². The lowest BCUT2D eigenvalue weighted by molar-refractivity contribution is 0.186. The van der Waals surface area contributed by atoms with Gasteiger partial charge < -0.3 is 25.0 Å². The summed E-state index contributed by atoms with van der Waals surface area (Å²) in [6, 6.07) is 10.8. The fraction of sp³-hybridized carbons (Fsp3) is 0.409. The van der Waals surface area contributed by atoms with E-state index in [1.165, 1.54) is 6.07 Å². The maximum Gasteiger partial charge on any atom is 0.194 e. The van der Waals surface area contributed by atoms with E-state index in [-0.39, 0.29) is 12.2 Å². The molecule has 1 aliphatic heterocycles. The van der Waals surface area contributed by atoms with Crippen molar-refractivity contribution in [2.45, 2.75) is 13.0 Å². The molecule has 0 aliphatic carbocycles. The summed E-state index contributed by atoms with van der Waals surface area (Å²) in [4.78, 5) is 8.49. The summed E-state index contributed by atoms with van der Waals surface area (Å²) >= 11 is 0. The molecule has 1 aliphatic rings. The number of aliphatic hydroxyl groups excluding tert-OH is 1. The minimum Gasteiger partial charge on any atom is -0.497 e. The van der Waals surface area contributed by atoms with Gasteiger partial charge in [-0.05, 0) is 36.8 Å². The number of hydrogen-bond donors (Lipinski definition) is 2. The Labute approximate surface area is 175 Å². The van der Waals surface area contributed by atoms with E-state index in [1.807, 2.05) is 24.0 Å². The summed E-state index contributed by atoms with van der Waals surface area (Å²) in [5, 5.41) is 13.7. The number of aliphatic hydroxyl groups is 1. The van der Waals surface area contributed by atoms with Gasteiger partial charge in [-0.2, -0.15) is 0 Å². The van der Waals surface area contributed by atoms with Crippen LogP contribution in [0.5, 0.6) is 5.75 Å². The molecule has 0 saturated carbocycles. The Bertz CT molecular complexity index is 853. The Morgan fingerprint density at radius 3 is 2.47 bits per heavy atom. The van der Waals surface area contributed by atoms with Crippen molar-refractivity contribution in [2.75, 3.05) is 51.3 Å². The highest BCUT2D eigenvalue weighted by atomic mass is 19.1. The van der Waals surface area contributed by atoms with Crippen molar-refractivity contribution in [1.82, 2.24) is 10.2 Å². The molecule has 0 radical (unpaired) electrons. The molecule has 1 heterocycles. The van der Waals surface area contributed by atoms with Crippen molar-refractivity contribution in [3.05, 3.63) is 59.7 Å².